The van der Waals surface area contributed by atoms with Gasteiger partial charge in [-0.2, -0.15) is 0 Å². The molecular weight excluding hydrogens is 410 g/mol. The average Bonchev–Trinajstić information content (AvgIpc) is 2.82. The minimum absolute atomic E-state index is 0.233. The van der Waals surface area contributed by atoms with Crippen molar-refractivity contribution in [2.75, 3.05) is 12.4 Å². The molecule has 0 fully saturated rings. The van der Waals surface area contributed by atoms with Crippen LogP contribution in [0.25, 0.3) is 0 Å². The van der Waals surface area contributed by atoms with Gasteiger partial charge in [-0.3, -0.25) is 0 Å². The zero-order valence-corrected chi connectivity index (χ0v) is 20.3. The fourth-order valence-electron chi connectivity index (χ4n) is 4.25. The highest BCUT2D eigenvalue weighted by atomic mass is 16.5. The van der Waals surface area contributed by atoms with Crippen molar-refractivity contribution in [1.82, 2.24) is 0 Å². The molecule has 1 N–H and O–H groups in total. The van der Waals surface area contributed by atoms with E-state index in [1.165, 1.54) is 5.56 Å². The van der Waals surface area contributed by atoms with E-state index in [4.69, 9.17) is 9.47 Å². The standard InChI is InChI=1S/C29H35NO3/c1-22(2)33-27(31)29(24-14-10-7-11-15-24,30-25-16-18-26(32-5)19-17-25)28(3,4)21-20-23-12-8-6-9-13-23/h6-19,22,30H,20-21H2,1-5H3/t29-/m0/s1. The Morgan fingerprint density at radius 3 is 2.00 bits per heavy atom. The average molecular weight is 446 g/mol. The molecule has 0 amide bonds. The van der Waals surface area contributed by atoms with Gasteiger partial charge >= 0.3 is 5.97 Å². The molecule has 1 atom stereocenters. The van der Waals surface area contributed by atoms with Crippen LogP contribution < -0.4 is 10.1 Å². The predicted octanol–water partition coefficient (Wildman–Crippen LogP) is 6.61. The second kappa shape index (κ2) is 10.6. The first-order chi connectivity index (χ1) is 15.8. The number of methoxy groups -OCH3 is 1. The SMILES string of the molecule is COc1ccc(N[C@](C(=O)OC(C)C)(c2ccccc2)C(C)(C)CCc2ccccc2)cc1. The summed E-state index contributed by atoms with van der Waals surface area (Å²) in [5.41, 5.74) is 1.37. The number of benzene rings is 3. The van der Waals surface area contributed by atoms with Crippen LogP contribution in [0.3, 0.4) is 0 Å². The van der Waals surface area contributed by atoms with E-state index in [0.29, 0.717) is 0 Å². The summed E-state index contributed by atoms with van der Waals surface area (Å²) in [6, 6.07) is 27.9. The Morgan fingerprint density at radius 2 is 1.45 bits per heavy atom. The molecule has 33 heavy (non-hydrogen) atoms. The Bertz CT molecular complexity index is 1010. The Hall–Kier alpha value is -3.27. The van der Waals surface area contributed by atoms with Crippen LogP contribution in [0.15, 0.2) is 84.9 Å². The molecule has 0 bridgehead atoms. The number of carbonyl (C=O) groups excluding carboxylic acids is 1. The van der Waals surface area contributed by atoms with Crippen LogP contribution in [0.1, 0.15) is 45.2 Å². The van der Waals surface area contributed by atoms with Gasteiger partial charge in [-0.1, -0.05) is 74.5 Å². The maximum Gasteiger partial charge on any atom is 0.337 e. The zero-order valence-electron chi connectivity index (χ0n) is 20.3. The number of carbonyl (C=O) groups is 1. The zero-order chi connectivity index (χ0) is 23.9. The molecule has 4 heteroatoms. The normalized spacial score (nSPS) is 13.3. The van der Waals surface area contributed by atoms with E-state index < -0.39 is 11.0 Å². The second-order valence-corrected chi connectivity index (χ2v) is 9.29. The van der Waals surface area contributed by atoms with Crippen LogP contribution in [0, 0.1) is 5.41 Å². The summed E-state index contributed by atoms with van der Waals surface area (Å²) in [6.07, 6.45) is 1.40. The molecule has 0 unspecified atom stereocenters. The van der Waals surface area contributed by atoms with Crippen molar-refractivity contribution in [3.8, 4) is 5.75 Å². The molecular formula is C29H35NO3. The van der Waals surface area contributed by atoms with Gasteiger partial charge in [0.15, 0.2) is 5.54 Å². The third-order valence-electron chi connectivity index (χ3n) is 6.17. The number of rotatable bonds is 10. The minimum Gasteiger partial charge on any atom is -0.497 e. The van der Waals surface area contributed by atoms with Gasteiger partial charge in [0.2, 0.25) is 0 Å². The quantitative estimate of drug-likeness (QED) is 0.357. The molecule has 0 heterocycles. The fourth-order valence-corrected chi connectivity index (χ4v) is 4.25. The minimum atomic E-state index is -1.10. The molecule has 0 saturated heterocycles. The Labute approximate surface area is 197 Å². The third kappa shape index (κ3) is 5.57. The molecule has 0 saturated carbocycles. The highest BCUT2D eigenvalue weighted by Gasteiger charge is 2.54. The lowest BCUT2D eigenvalue weighted by Gasteiger charge is -2.46. The van der Waals surface area contributed by atoms with E-state index in [-0.39, 0.29) is 12.1 Å². The van der Waals surface area contributed by atoms with E-state index in [1.807, 2.05) is 74.5 Å². The summed E-state index contributed by atoms with van der Waals surface area (Å²) >= 11 is 0. The van der Waals surface area contributed by atoms with Crippen LogP contribution in [0.5, 0.6) is 5.75 Å². The number of hydrogen-bond acceptors (Lipinski definition) is 4. The third-order valence-corrected chi connectivity index (χ3v) is 6.17. The summed E-state index contributed by atoms with van der Waals surface area (Å²) in [4.78, 5) is 14.0. The first kappa shape index (κ1) is 24.4. The number of hydrogen-bond donors (Lipinski definition) is 1. The lowest BCUT2D eigenvalue weighted by Crippen LogP contribution is -2.56. The molecule has 0 aliphatic heterocycles. The van der Waals surface area contributed by atoms with Gasteiger partial charge in [-0.05, 0) is 62.1 Å². The van der Waals surface area contributed by atoms with E-state index in [9.17, 15) is 4.79 Å². The molecule has 0 spiro atoms. The fraction of sp³-hybridized carbons (Fsp3) is 0.345. The smallest absolute Gasteiger partial charge is 0.337 e. The summed E-state index contributed by atoms with van der Waals surface area (Å²) in [7, 11) is 1.64. The van der Waals surface area contributed by atoms with Crippen LogP contribution in [-0.4, -0.2) is 19.2 Å². The first-order valence-electron chi connectivity index (χ1n) is 11.5. The summed E-state index contributed by atoms with van der Waals surface area (Å²) in [5, 5.41) is 3.61. The predicted molar refractivity (Wildman–Crippen MR) is 135 cm³/mol. The molecule has 4 nitrogen and oxygen atoms in total. The number of ether oxygens (including phenoxy) is 2. The van der Waals surface area contributed by atoms with E-state index in [0.717, 1.165) is 29.8 Å². The Morgan fingerprint density at radius 1 is 0.879 bits per heavy atom. The van der Waals surface area contributed by atoms with Crippen molar-refractivity contribution >= 4 is 11.7 Å². The molecule has 3 aromatic carbocycles. The Kier molecular flexibility index (Phi) is 7.80. The van der Waals surface area contributed by atoms with Crippen LogP contribution in [0.2, 0.25) is 0 Å². The van der Waals surface area contributed by atoms with Crippen LogP contribution in [0.4, 0.5) is 5.69 Å². The number of aryl methyl sites for hydroxylation is 1. The molecule has 0 aromatic heterocycles. The van der Waals surface area contributed by atoms with Gasteiger partial charge in [0.1, 0.15) is 5.75 Å². The maximum atomic E-state index is 14.0. The topological polar surface area (TPSA) is 47.6 Å². The van der Waals surface area contributed by atoms with Gasteiger partial charge in [0.25, 0.3) is 0 Å². The van der Waals surface area contributed by atoms with Gasteiger partial charge in [0.05, 0.1) is 13.2 Å². The number of nitrogens with one attached hydrogen (secondary N) is 1. The monoisotopic (exact) mass is 445 g/mol. The number of anilines is 1. The van der Waals surface area contributed by atoms with E-state index >= 15 is 0 Å². The maximum absolute atomic E-state index is 14.0. The summed E-state index contributed by atoms with van der Waals surface area (Å²) in [6.45, 7) is 8.05. The highest BCUT2D eigenvalue weighted by molar-refractivity contribution is 5.87. The van der Waals surface area contributed by atoms with E-state index in [2.05, 4.69) is 43.4 Å². The van der Waals surface area contributed by atoms with Crippen molar-refractivity contribution < 1.29 is 14.3 Å². The largest absolute Gasteiger partial charge is 0.497 e. The molecule has 0 aliphatic rings. The van der Waals surface area contributed by atoms with Crippen molar-refractivity contribution in [2.45, 2.75) is 52.2 Å². The van der Waals surface area contributed by atoms with Crippen LogP contribution in [-0.2, 0) is 21.5 Å². The second-order valence-electron chi connectivity index (χ2n) is 9.29. The van der Waals surface area contributed by atoms with Gasteiger partial charge in [0, 0.05) is 11.1 Å². The van der Waals surface area contributed by atoms with Crippen molar-refractivity contribution in [2.24, 2.45) is 5.41 Å². The number of esters is 1. The molecule has 3 aromatic rings. The van der Waals surface area contributed by atoms with Gasteiger partial charge < -0.3 is 14.8 Å². The lowest BCUT2D eigenvalue weighted by atomic mass is 9.65. The molecule has 0 radical (unpaired) electrons. The molecule has 174 valence electrons. The summed E-state index contributed by atoms with van der Waals surface area (Å²) < 4.78 is 11.2. The first-order valence-corrected chi connectivity index (χ1v) is 11.5. The van der Waals surface area contributed by atoms with Gasteiger partial charge in [-0.15, -0.1) is 0 Å². The highest BCUT2D eigenvalue weighted by Crippen LogP contribution is 2.47. The van der Waals surface area contributed by atoms with Gasteiger partial charge in [-0.25, -0.2) is 4.79 Å². The Balaban J connectivity index is 2.10. The van der Waals surface area contributed by atoms with E-state index in [1.54, 1.807) is 7.11 Å². The van der Waals surface area contributed by atoms with Crippen molar-refractivity contribution in [3.63, 3.8) is 0 Å². The lowest BCUT2D eigenvalue weighted by molar-refractivity contribution is -0.158. The van der Waals surface area contributed by atoms with Crippen LogP contribution >= 0.6 is 0 Å². The van der Waals surface area contributed by atoms with Crippen molar-refractivity contribution in [1.29, 1.82) is 0 Å². The van der Waals surface area contributed by atoms with Crippen molar-refractivity contribution in [3.05, 3.63) is 96.1 Å². The summed E-state index contributed by atoms with van der Waals surface area (Å²) in [5.74, 6) is 0.483. The molecule has 0 aliphatic carbocycles. The molecule has 3 rings (SSSR count).